The van der Waals surface area contributed by atoms with Gasteiger partial charge in [0.15, 0.2) is 0 Å². The maximum atomic E-state index is 5.42. The van der Waals surface area contributed by atoms with Gasteiger partial charge in [-0.1, -0.05) is 25.5 Å². The first kappa shape index (κ1) is 18.0. The fourth-order valence-corrected chi connectivity index (χ4v) is 1.29. The number of likely N-dealkylation sites (N-methyl/N-ethyl adjacent to an activating group) is 1. The monoisotopic (exact) mass is 230 g/mol. The number of nitrogens with zero attached hydrogens (tertiary/aromatic N) is 1. The lowest BCUT2D eigenvalue weighted by Gasteiger charge is -2.15. The summed E-state index contributed by atoms with van der Waals surface area (Å²) in [6, 6.07) is 0. The van der Waals surface area contributed by atoms with E-state index in [2.05, 4.69) is 24.9 Å². The van der Waals surface area contributed by atoms with E-state index >= 15 is 0 Å². The van der Waals surface area contributed by atoms with Gasteiger partial charge < -0.3 is 15.4 Å². The minimum atomic E-state index is 0.658. The summed E-state index contributed by atoms with van der Waals surface area (Å²) in [5, 5.41) is 0. The van der Waals surface area contributed by atoms with Gasteiger partial charge in [0.2, 0.25) is 0 Å². The van der Waals surface area contributed by atoms with Crippen LogP contribution in [0.25, 0.3) is 0 Å². The summed E-state index contributed by atoms with van der Waals surface area (Å²) in [5.74, 6) is 0. The minimum absolute atomic E-state index is 0.658. The third kappa shape index (κ3) is 13.6. The van der Waals surface area contributed by atoms with Crippen LogP contribution in [-0.2, 0) is 4.74 Å². The van der Waals surface area contributed by atoms with Gasteiger partial charge in [-0.05, 0) is 33.4 Å². The van der Waals surface area contributed by atoms with Crippen LogP contribution >= 0.6 is 0 Å². The molecule has 3 nitrogen and oxygen atoms in total. The Labute approximate surface area is 102 Å². The Morgan fingerprint density at radius 1 is 1.31 bits per heavy atom. The molecule has 3 heteroatoms. The van der Waals surface area contributed by atoms with E-state index < -0.39 is 0 Å². The van der Waals surface area contributed by atoms with Gasteiger partial charge in [-0.15, -0.1) is 0 Å². The molecule has 0 spiro atoms. The lowest BCUT2D eigenvalue weighted by atomic mass is 10.1. The highest BCUT2D eigenvalue weighted by Crippen LogP contribution is 2.03. The molecule has 0 aromatic carbocycles. The van der Waals surface area contributed by atoms with Crippen molar-refractivity contribution in [3.05, 3.63) is 11.6 Å². The average molecular weight is 230 g/mol. The molecule has 0 aromatic rings. The number of rotatable bonds is 8. The van der Waals surface area contributed by atoms with Crippen molar-refractivity contribution in [2.24, 2.45) is 5.73 Å². The molecule has 0 saturated carbocycles. The van der Waals surface area contributed by atoms with Gasteiger partial charge in [-0.2, -0.15) is 0 Å². The van der Waals surface area contributed by atoms with Gasteiger partial charge in [0.25, 0.3) is 0 Å². The smallest absolute Gasteiger partial charge is 0.0589 e. The number of hydrogen-bond donors (Lipinski definition) is 1. The van der Waals surface area contributed by atoms with Crippen LogP contribution in [0.1, 0.15) is 33.6 Å². The van der Waals surface area contributed by atoms with Crippen molar-refractivity contribution in [1.29, 1.82) is 0 Å². The van der Waals surface area contributed by atoms with E-state index in [0.29, 0.717) is 6.54 Å². The molecule has 98 valence electrons. The molecular formula is C13H30N2O. The fourth-order valence-electron chi connectivity index (χ4n) is 1.29. The summed E-state index contributed by atoms with van der Waals surface area (Å²) >= 11 is 0. The molecule has 0 fully saturated rings. The second kappa shape index (κ2) is 14.6. The van der Waals surface area contributed by atoms with Crippen LogP contribution in [0.5, 0.6) is 0 Å². The Morgan fingerprint density at radius 3 is 2.44 bits per heavy atom. The first-order valence-corrected chi connectivity index (χ1v) is 6.24. The predicted molar refractivity (Wildman–Crippen MR) is 72.8 cm³/mol. The number of nitrogens with two attached hydrogens (primary N) is 1. The molecule has 0 amide bonds. The van der Waals surface area contributed by atoms with E-state index in [1.165, 1.54) is 12.0 Å². The Morgan fingerprint density at radius 2 is 1.94 bits per heavy atom. The number of methoxy groups -OCH3 is 1. The van der Waals surface area contributed by atoms with Gasteiger partial charge in [0.05, 0.1) is 6.61 Å². The molecule has 0 aliphatic heterocycles. The van der Waals surface area contributed by atoms with Crippen molar-refractivity contribution in [2.75, 3.05) is 40.4 Å². The first-order chi connectivity index (χ1) is 7.70. The van der Waals surface area contributed by atoms with Crippen LogP contribution in [-0.4, -0.2) is 45.3 Å². The zero-order chi connectivity index (χ0) is 12.8. The zero-order valence-electron chi connectivity index (χ0n) is 11.8. The third-order valence-electron chi connectivity index (χ3n) is 2.25. The maximum absolute atomic E-state index is 5.42. The average Bonchev–Trinajstić information content (AvgIpc) is 2.29. The number of hydrogen-bond acceptors (Lipinski definition) is 3. The predicted octanol–water partition coefficient (Wildman–Crippen LogP) is 2.28. The van der Waals surface area contributed by atoms with E-state index in [1.807, 2.05) is 13.8 Å². The summed E-state index contributed by atoms with van der Waals surface area (Å²) in [6.07, 6.45) is 4.44. The highest BCUT2D eigenvalue weighted by molar-refractivity contribution is 4.98. The lowest BCUT2D eigenvalue weighted by Crippen LogP contribution is -2.23. The molecule has 0 radical (unpaired) electrons. The SMILES string of the molecule is CC.COCCN(C)CCC/C(C)=C\CN. The lowest BCUT2D eigenvalue weighted by molar-refractivity contribution is 0.161. The summed E-state index contributed by atoms with van der Waals surface area (Å²) in [7, 11) is 3.86. The molecule has 0 aliphatic rings. The topological polar surface area (TPSA) is 38.5 Å². The molecule has 0 saturated heterocycles. The van der Waals surface area contributed by atoms with E-state index in [-0.39, 0.29) is 0 Å². The molecular weight excluding hydrogens is 200 g/mol. The van der Waals surface area contributed by atoms with Gasteiger partial charge in [0, 0.05) is 20.2 Å². The Bertz CT molecular complexity index is 158. The van der Waals surface area contributed by atoms with Crippen molar-refractivity contribution in [1.82, 2.24) is 4.90 Å². The Balaban J connectivity index is 0. The second-order valence-electron chi connectivity index (χ2n) is 3.69. The highest BCUT2D eigenvalue weighted by atomic mass is 16.5. The maximum Gasteiger partial charge on any atom is 0.0589 e. The van der Waals surface area contributed by atoms with Crippen LogP contribution in [0, 0.1) is 0 Å². The molecule has 0 atom stereocenters. The van der Waals surface area contributed by atoms with Crippen LogP contribution < -0.4 is 5.73 Å². The van der Waals surface area contributed by atoms with Crippen LogP contribution in [0.4, 0.5) is 0 Å². The quantitative estimate of drug-likeness (QED) is 0.650. The van der Waals surface area contributed by atoms with E-state index in [1.54, 1.807) is 7.11 Å². The summed E-state index contributed by atoms with van der Waals surface area (Å²) < 4.78 is 5.01. The first-order valence-electron chi connectivity index (χ1n) is 6.24. The van der Waals surface area contributed by atoms with Gasteiger partial charge >= 0.3 is 0 Å². The van der Waals surface area contributed by atoms with Crippen molar-refractivity contribution in [3.8, 4) is 0 Å². The van der Waals surface area contributed by atoms with Crippen LogP contribution in [0.15, 0.2) is 11.6 Å². The molecule has 0 aromatic heterocycles. The van der Waals surface area contributed by atoms with Crippen molar-refractivity contribution in [3.63, 3.8) is 0 Å². The van der Waals surface area contributed by atoms with Crippen LogP contribution in [0.2, 0.25) is 0 Å². The minimum Gasteiger partial charge on any atom is -0.383 e. The molecule has 16 heavy (non-hydrogen) atoms. The highest BCUT2D eigenvalue weighted by Gasteiger charge is 1.97. The molecule has 0 aliphatic carbocycles. The van der Waals surface area contributed by atoms with Crippen LogP contribution in [0.3, 0.4) is 0 Å². The van der Waals surface area contributed by atoms with Gasteiger partial charge in [0.1, 0.15) is 0 Å². The third-order valence-corrected chi connectivity index (χ3v) is 2.25. The molecule has 0 heterocycles. The summed E-state index contributed by atoms with van der Waals surface area (Å²) in [5.41, 5.74) is 6.82. The normalized spacial score (nSPS) is 11.3. The largest absolute Gasteiger partial charge is 0.383 e. The second-order valence-corrected chi connectivity index (χ2v) is 3.69. The Kier molecular flexibility index (Phi) is 16.4. The molecule has 0 unspecified atom stereocenters. The van der Waals surface area contributed by atoms with Crippen molar-refractivity contribution >= 4 is 0 Å². The molecule has 2 N–H and O–H groups in total. The number of ether oxygens (including phenoxy) is 1. The Hall–Kier alpha value is -0.380. The number of allylic oxidation sites excluding steroid dienone is 1. The van der Waals surface area contributed by atoms with Crippen molar-refractivity contribution in [2.45, 2.75) is 33.6 Å². The summed E-state index contributed by atoms with van der Waals surface area (Å²) in [6.45, 7) is 9.75. The summed E-state index contributed by atoms with van der Waals surface area (Å²) in [4.78, 5) is 2.29. The molecule has 0 bridgehead atoms. The fraction of sp³-hybridized carbons (Fsp3) is 0.846. The molecule has 0 rings (SSSR count). The van der Waals surface area contributed by atoms with Crippen molar-refractivity contribution < 1.29 is 4.74 Å². The zero-order valence-corrected chi connectivity index (χ0v) is 11.8. The van der Waals surface area contributed by atoms with E-state index in [9.17, 15) is 0 Å². The standard InChI is InChI=1S/C11H24N2O.C2H6/c1-11(6-7-12)5-4-8-13(2)9-10-14-3;1-2/h6H,4-5,7-10,12H2,1-3H3;1-2H3/b11-6-;. The van der Waals surface area contributed by atoms with Gasteiger partial charge in [-0.25, -0.2) is 0 Å². The van der Waals surface area contributed by atoms with Gasteiger partial charge in [-0.3, -0.25) is 0 Å². The van der Waals surface area contributed by atoms with E-state index in [0.717, 1.165) is 26.1 Å². The van der Waals surface area contributed by atoms with E-state index in [4.69, 9.17) is 10.5 Å².